The minimum absolute atomic E-state index is 0.0121. The summed E-state index contributed by atoms with van der Waals surface area (Å²) < 4.78 is 10.8. The Labute approximate surface area is 193 Å². The lowest BCUT2D eigenvalue weighted by atomic mass is 9.57. The van der Waals surface area contributed by atoms with E-state index in [1.807, 2.05) is 6.92 Å². The molecule has 7 heteroatoms. The number of hydrogen-bond donors (Lipinski definition) is 2. The zero-order chi connectivity index (χ0) is 23.3. The summed E-state index contributed by atoms with van der Waals surface area (Å²) in [5.74, 6) is 0.592. The van der Waals surface area contributed by atoms with Gasteiger partial charge in [0.1, 0.15) is 6.10 Å². The zero-order valence-corrected chi connectivity index (χ0v) is 20.3. The topological polar surface area (TPSA) is 82.5 Å². The first-order chi connectivity index (χ1) is 15.2. The van der Waals surface area contributed by atoms with Crippen molar-refractivity contribution in [1.82, 2.24) is 9.80 Å². The Balaban J connectivity index is 1.57. The lowest BCUT2D eigenvalue weighted by molar-refractivity contribution is -0.148. The summed E-state index contributed by atoms with van der Waals surface area (Å²) in [6.45, 7) is 15.1. The first kappa shape index (κ1) is 25.6. The first-order valence-electron chi connectivity index (χ1n) is 12.2. The van der Waals surface area contributed by atoms with E-state index in [1.54, 1.807) is 0 Å². The Morgan fingerprint density at radius 3 is 2.59 bits per heavy atom. The third-order valence-corrected chi connectivity index (χ3v) is 7.69. The highest BCUT2D eigenvalue weighted by molar-refractivity contribution is 5.66. The largest absolute Gasteiger partial charge is 0.457 e. The van der Waals surface area contributed by atoms with Gasteiger partial charge in [0, 0.05) is 52.1 Å². The molecule has 3 rings (SSSR count). The van der Waals surface area contributed by atoms with Crippen LogP contribution in [0.3, 0.4) is 0 Å². The number of rotatable bonds is 9. The molecule has 2 aliphatic carbocycles. The maximum absolute atomic E-state index is 11.6. The van der Waals surface area contributed by atoms with Crippen molar-refractivity contribution in [3.8, 4) is 0 Å². The van der Waals surface area contributed by atoms with Gasteiger partial charge in [0.25, 0.3) is 0 Å². The Morgan fingerprint density at radius 1 is 1.25 bits per heavy atom. The molecule has 0 aromatic rings. The molecule has 32 heavy (non-hydrogen) atoms. The fourth-order valence-electron chi connectivity index (χ4n) is 5.71. The van der Waals surface area contributed by atoms with Crippen molar-refractivity contribution >= 4 is 5.97 Å². The molecule has 2 radical (unpaired) electrons. The molecule has 1 saturated carbocycles. The van der Waals surface area contributed by atoms with Gasteiger partial charge < -0.3 is 24.6 Å². The second-order valence-electron chi connectivity index (χ2n) is 9.99. The Hall–Kier alpha value is -0.990. The van der Waals surface area contributed by atoms with E-state index in [0.29, 0.717) is 25.0 Å². The molecule has 0 spiro atoms. The van der Waals surface area contributed by atoms with Gasteiger partial charge in [-0.1, -0.05) is 19.9 Å². The van der Waals surface area contributed by atoms with Crippen molar-refractivity contribution in [2.45, 2.75) is 52.2 Å². The van der Waals surface area contributed by atoms with Crippen LogP contribution < -0.4 is 0 Å². The average Bonchev–Trinajstić information content (AvgIpc) is 2.74. The standard InChI is InChI=1S/C25H42N2O5/c1-18-15-23-22(6-5-20(3)25(23,30)16-24(18)32-21(4)29)19(2)17-27-9-7-26(8-10-27)11-13-31-14-12-28/h15,19-20,22-24,28,30H,5-14,17H2,1-4H3/t19-,20-,22+,23-,24-,25-/m1/s1. The maximum atomic E-state index is 11.6. The van der Waals surface area contributed by atoms with Crippen LogP contribution in [0, 0.1) is 30.1 Å². The van der Waals surface area contributed by atoms with Gasteiger partial charge >= 0.3 is 5.97 Å². The van der Waals surface area contributed by atoms with E-state index in [2.05, 4.69) is 36.1 Å². The van der Waals surface area contributed by atoms with E-state index < -0.39 is 11.7 Å². The quantitative estimate of drug-likeness (QED) is 0.314. The van der Waals surface area contributed by atoms with Gasteiger partial charge in [0.2, 0.25) is 0 Å². The predicted molar refractivity (Wildman–Crippen MR) is 123 cm³/mol. The zero-order valence-electron chi connectivity index (χ0n) is 20.3. The molecule has 2 fully saturated rings. The van der Waals surface area contributed by atoms with Crippen molar-refractivity contribution in [2.75, 3.05) is 59.1 Å². The third kappa shape index (κ3) is 6.11. The molecule has 0 bridgehead atoms. The van der Waals surface area contributed by atoms with E-state index in [4.69, 9.17) is 14.6 Å². The molecule has 2 N–H and O–H groups in total. The van der Waals surface area contributed by atoms with Crippen LogP contribution in [0.4, 0.5) is 0 Å². The van der Waals surface area contributed by atoms with Gasteiger partial charge in [-0.2, -0.15) is 0 Å². The molecule has 7 nitrogen and oxygen atoms in total. The third-order valence-electron chi connectivity index (χ3n) is 7.69. The number of ether oxygens (including phenoxy) is 2. The lowest BCUT2D eigenvalue weighted by Crippen LogP contribution is -2.57. The van der Waals surface area contributed by atoms with E-state index in [1.165, 1.54) is 6.92 Å². The van der Waals surface area contributed by atoms with Crippen molar-refractivity contribution in [3.63, 3.8) is 0 Å². The van der Waals surface area contributed by atoms with E-state index in [-0.39, 0.29) is 24.4 Å². The van der Waals surface area contributed by atoms with Gasteiger partial charge in [-0.05, 0) is 43.1 Å². The van der Waals surface area contributed by atoms with Crippen LogP contribution in [0.15, 0.2) is 11.6 Å². The molecule has 0 aromatic heterocycles. The number of piperazine rings is 1. The van der Waals surface area contributed by atoms with Crippen molar-refractivity contribution in [3.05, 3.63) is 18.1 Å². The summed E-state index contributed by atoms with van der Waals surface area (Å²) in [4.78, 5) is 16.5. The number of aliphatic hydroxyl groups is 2. The Morgan fingerprint density at radius 2 is 1.94 bits per heavy atom. The van der Waals surface area contributed by atoms with Crippen molar-refractivity contribution in [2.24, 2.45) is 23.7 Å². The van der Waals surface area contributed by atoms with E-state index in [9.17, 15) is 9.90 Å². The molecular weight excluding hydrogens is 408 g/mol. The summed E-state index contributed by atoms with van der Waals surface area (Å²) in [7, 11) is 0. The van der Waals surface area contributed by atoms with Crippen LogP contribution in [0.5, 0.6) is 0 Å². The van der Waals surface area contributed by atoms with E-state index in [0.717, 1.165) is 57.7 Å². The minimum Gasteiger partial charge on any atom is -0.457 e. The summed E-state index contributed by atoms with van der Waals surface area (Å²) in [6, 6.07) is 0. The predicted octanol–water partition coefficient (Wildman–Crippen LogP) is 1.62. The van der Waals surface area contributed by atoms with Crippen LogP contribution in [0.25, 0.3) is 0 Å². The number of carbonyl (C=O) groups is 1. The van der Waals surface area contributed by atoms with Gasteiger partial charge in [-0.25, -0.2) is 0 Å². The molecule has 3 aliphatic rings. The van der Waals surface area contributed by atoms with Crippen LogP contribution in [0.1, 0.15) is 40.5 Å². The number of nitrogens with zero attached hydrogens (tertiary/aromatic N) is 2. The normalized spacial score (nSPS) is 35.1. The lowest BCUT2D eigenvalue weighted by Gasteiger charge is -2.53. The molecular formula is C25H42N2O5. The Kier molecular flexibility index (Phi) is 9.15. The SMILES string of the molecule is CC(=O)O[C@@H]1[C][C@@]2(O)[C@H](C)CC[C@@H]([C@H](C)CN3CCN(CCOCCO)CC3)[C@H]2C=C1C. The number of carbonyl (C=O) groups excluding carboxylic acids is 1. The van der Waals surface area contributed by atoms with Gasteiger partial charge in [0.15, 0.2) is 0 Å². The fourth-order valence-corrected chi connectivity index (χ4v) is 5.71. The van der Waals surface area contributed by atoms with E-state index >= 15 is 0 Å². The smallest absolute Gasteiger partial charge is 0.303 e. The second kappa shape index (κ2) is 11.4. The molecule has 0 aromatic carbocycles. The van der Waals surface area contributed by atoms with Gasteiger partial charge in [0.05, 0.1) is 31.8 Å². The van der Waals surface area contributed by atoms with Crippen LogP contribution >= 0.6 is 0 Å². The molecule has 0 amide bonds. The summed E-state index contributed by atoms with van der Waals surface area (Å²) >= 11 is 0. The van der Waals surface area contributed by atoms with Crippen molar-refractivity contribution < 1.29 is 24.5 Å². The first-order valence-corrected chi connectivity index (χ1v) is 12.2. The van der Waals surface area contributed by atoms with Crippen LogP contribution in [0.2, 0.25) is 0 Å². The summed E-state index contributed by atoms with van der Waals surface area (Å²) in [5.41, 5.74) is -0.0810. The summed E-state index contributed by atoms with van der Waals surface area (Å²) in [5, 5.41) is 20.5. The fraction of sp³-hybridized carbons (Fsp3) is 0.840. The number of hydrogen-bond acceptors (Lipinski definition) is 7. The molecule has 0 unspecified atom stereocenters. The average molecular weight is 451 g/mol. The summed E-state index contributed by atoms with van der Waals surface area (Å²) in [6.07, 6.45) is 6.94. The number of esters is 1. The molecule has 1 aliphatic heterocycles. The molecule has 182 valence electrons. The molecule has 6 atom stereocenters. The highest BCUT2D eigenvalue weighted by Gasteiger charge is 2.53. The Bertz CT molecular complexity index is 648. The van der Waals surface area contributed by atoms with Crippen LogP contribution in [-0.4, -0.2) is 96.8 Å². The number of aliphatic hydroxyl groups excluding tert-OH is 1. The second-order valence-corrected chi connectivity index (χ2v) is 9.99. The maximum Gasteiger partial charge on any atom is 0.303 e. The molecule has 1 heterocycles. The number of fused-ring (bicyclic) bond motifs is 1. The van der Waals surface area contributed by atoms with Crippen LogP contribution in [-0.2, 0) is 14.3 Å². The minimum atomic E-state index is -1.05. The van der Waals surface area contributed by atoms with Crippen molar-refractivity contribution in [1.29, 1.82) is 0 Å². The van der Waals surface area contributed by atoms with Gasteiger partial charge in [-0.3, -0.25) is 9.69 Å². The highest BCUT2D eigenvalue weighted by Crippen LogP contribution is 2.50. The molecule has 1 saturated heterocycles. The van der Waals surface area contributed by atoms with Gasteiger partial charge in [-0.15, -0.1) is 0 Å². The monoisotopic (exact) mass is 450 g/mol. The highest BCUT2D eigenvalue weighted by atomic mass is 16.5.